The van der Waals surface area contributed by atoms with Gasteiger partial charge in [0, 0.05) is 30.7 Å². The number of likely N-dealkylation sites (tertiary alicyclic amines) is 1. The number of nitrogens with one attached hydrogen (secondary N) is 1. The molecular weight excluding hydrogens is 364 g/mol. The Kier molecular flexibility index (Phi) is 6.23. The molecule has 0 amide bonds. The Morgan fingerprint density at radius 3 is 2.37 bits per heavy atom. The fourth-order valence-electron chi connectivity index (χ4n) is 3.53. The molecule has 1 N–H and O–H groups in total. The summed E-state index contributed by atoms with van der Waals surface area (Å²) in [5.74, 6) is 1.21. The van der Waals surface area contributed by atoms with Gasteiger partial charge in [0.05, 0.1) is 24.9 Å². The molecule has 1 heterocycles. The molecular formula is C20H31N2O4S+. The third-order valence-electron chi connectivity index (χ3n) is 5.45. The lowest BCUT2D eigenvalue weighted by Crippen LogP contribution is -2.60. The summed E-state index contributed by atoms with van der Waals surface area (Å²) in [5, 5.41) is -0.429. The van der Waals surface area contributed by atoms with Gasteiger partial charge in [-0.1, -0.05) is 4.83 Å². The second-order valence-corrected chi connectivity index (χ2v) is 10.3. The number of rotatable bonds is 10. The van der Waals surface area contributed by atoms with E-state index >= 15 is 0 Å². The second-order valence-electron chi connectivity index (χ2n) is 8.07. The van der Waals surface area contributed by atoms with E-state index in [-0.39, 0.29) is 11.7 Å². The summed E-state index contributed by atoms with van der Waals surface area (Å²) in [6.07, 6.45) is 4.87. The Hall–Kier alpha value is -1.44. The van der Waals surface area contributed by atoms with Crippen molar-refractivity contribution >= 4 is 15.8 Å². The maximum Gasteiger partial charge on any atom is 0.255 e. The van der Waals surface area contributed by atoms with Crippen LogP contribution in [0.15, 0.2) is 24.3 Å². The van der Waals surface area contributed by atoms with Crippen LogP contribution in [0.5, 0.6) is 5.75 Å². The number of benzene rings is 1. The van der Waals surface area contributed by atoms with Gasteiger partial charge in [0.15, 0.2) is 5.78 Å². The zero-order valence-electron chi connectivity index (χ0n) is 16.3. The lowest BCUT2D eigenvalue weighted by Gasteiger charge is -2.33. The number of nitrogens with zero attached hydrogens (tertiary/aromatic N) is 1. The summed E-state index contributed by atoms with van der Waals surface area (Å²) in [7, 11) is -3.29. The molecule has 1 aromatic rings. The Balaban J connectivity index is 1.48. The molecule has 3 rings (SSSR count). The predicted molar refractivity (Wildman–Crippen MR) is 105 cm³/mol. The first-order chi connectivity index (χ1) is 12.8. The van der Waals surface area contributed by atoms with Crippen molar-refractivity contribution in [3.8, 4) is 5.75 Å². The van der Waals surface area contributed by atoms with E-state index in [4.69, 9.17) is 4.74 Å². The first-order valence-corrected chi connectivity index (χ1v) is 11.5. The molecule has 0 radical (unpaired) electrons. The summed E-state index contributed by atoms with van der Waals surface area (Å²) in [6.45, 7) is 6.34. The van der Waals surface area contributed by atoms with Crippen molar-refractivity contribution in [1.29, 1.82) is 0 Å². The van der Waals surface area contributed by atoms with Gasteiger partial charge in [-0.05, 0) is 51.0 Å². The van der Waals surface area contributed by atoms with Crippen LogP contribution in [0.2, 0.25) is 0 Å². The van der Waals surface area contributed by atoms with Gasteiger partial charge in [-0.25, -0.2) is 13.0 Å². The van der Waals surface area contributed by atoms with E-state index in [0.717, 1.165) is 63.1 Å². The molecule has 2 aliphatic rings. The Labute approximate surface area is 162 Å². The summed E-state index contributed by atoms with van der Waals surface area (Å²) in [4.78, 5) is 14.9. The van der Waals surface area contributed by atoms with Crippen molar-refractivity contribution < 1.29 is 22.5 Å². The van der Waals surface area contributed by atoms with Crippen molar-refractivity contribution in [3.63, 3.8) is 0 Å². The van der Waals surface area contributed by atoms with Crippen LogP contribution in [0.3, 0.4) is 0 Å². The zero-order valence-corrected chi connectivity index (χ0v) is 17.1. The highest BCUT2D eigenvalue weighted by Crippen LogP contribution is 2.32. The van der Waals surface area contributed by atoms with Crippen molar-refractivity contribution in [3.05, 3.63) is 29.8 Å². The number of carbonyl (C=O) groups is 1. The lowest BCUT2D eigenvalue weighted by atomic mass is 10.1. The molecule has 27 heavy (non-hydrogen) atoms. The van der Waals surface area contributed by atoms with Crippen LogP contribution in [-0.4, -0.2) is 50.3 Å². The molecule has 1 aromatic carbocycles. The minimum absolute atomic E-state index is 0.228. The molecule has 0 spiro atoms. The normalized spacial score (nSPS) is 19.4. The third kappa shape index (κ3) is 5.30. The molecule has 1 aliphatic carbocycles. The Morgan fingerprint density at radius 2 is 1.81 bits per heavy atom. The molecule has 0 aromatic heterocycles. The highest BCUT2D eigenvalue weighted by Gasteiger charge is 2.37. The van der Waals surface area contributed by atoms with Gasteiger partial charge < -0.3 is 4.74 Å². The van der Waals surface area contributed by atoms with Crippen LogP contribution in [0, 0.1) is 5.92 Å². The predicted octanol–water partition coefficient (Wildman–Crippen LogP) is 2.90. The number of ether oxygens (including phenoxy) is 1. The minimum Gasteiger partial charge on any atom is -0.493 e. The number of sulfonamides is 1. The van der Waals surface area contributed by atoms with E-state index in [1.807, 2.05) is 24.3 Å². The maximum absolute atomic E-state index is 12.3. The molecule has 0 unspecified atom stereocenters. The highest BCUT2D eigenvalue weighted by molar-refractivity contribution is 7.89. The Bertz CT molecular complexity index is 749. The fraction of sp³-hybridized carbons (Fsp3) is 0.650. The van der Waals surface area contributed by atoms with Crippen molar-refractivity contribution in [2.24, 2.45) is 5.92 Å². The average molecular weight is 396 g/mol. The average Bonchev–Trinajstić information content (AvgIpc) is 3.39. The molecule has 1 aliphatic heterocycles. The van der Waals surface area contributed by atoms with Gasteiger partial charge in [0.25, 0.3) is 10.0 Å². The van der Waals surface area contributed by atoms with Gasteiger partial charge in [-0.3, -0.25) is 4.79 Å². The van der Waals surface area contributed by atoms with Gasteiger partial charge >= 0.3 is 0 Å². The standard InChI is InChI=1S/C20H31N2O4S/c1-16(2)27(24,25)21-22(12-3-4-13-22)14-5-15-26-19-10-8-18(9-11-19)20(23)17-6-7-17/h8-11,16-17,21H,3-7,12-15H2,1-2H3/q+1. The molecule has 0 bridgehead atoms. The smallest absolute Gasteiger partial charge is 0.255 e. The van der Waals surface area contributed by atoms with Crippen molar-refractivity contribution in [1.82, 2.24) is 4.83 Å². The van der Waals surface area contributed by atoms with E-state index in [9.17, 15) is 13.2 Å². The molecule has 150 valence electrons. The van der Waals surface area contributed by atoms with Crippen LogP contribution in [0.1, 0.15) is 56.3 Å². The second kappa shape index (κ2) is 8.29. The molecule has 7 heteroatoms. The highest BCUT2D eigenvalue weighted by atomic mass is 32.2. The summed E-state index contributed by atoms with van der Waals surface area (Å²) >= 11 is 0. The Morgan fingerprint density at radius 1 is 1.19 bits per heavy atom. The van der Waals surface area contributed by atoms with E-state index in [2.05, 4.69) is 4.83 Å². The molecule has 6 nitrogen and oxygen atoms in total. The minimum atomic E-state index is -3.29. The van der Waals surface area contributed by atoms with Gasteiger partial charge in [0.2, 0.25) is 0 Å². The molecule has 0 atom stereocenters. The van der Waals surface area contributed by atoms with E-state index < -0.39 is 15.3 Å². The topological polar surface area (TPSA) is 72.5 Å². The van der Waals surface area contributed by atoms with Crippen molar-refractivity contribution in [2.45, 2.75) is 51.2 Å². The van der Waals surface area contributed by atoms with E-state index in [1.165, 1.54) is 0 Å². The number of Topliss-reactive ketones (excluding diaryl/α,β-unsaturated/α-hetero) is 1. The largest absolute Gasteiger partial charge is 0.493 e. The van der Waals surface area contributed by atoms with Gasteiger partial charge in [-0.2, -0.15) is 0 Å². The van der Waals surface area contributed by atoms with Gasteiger partial charge in [0.1, 0.15) is 12.3 Å². The third-order valence-corrected chi connectivity index (χ3v) is 7.33. The molecule has 2 fully saturated rings. The number of carbonyl (C=O) groups excluding carboxylic acids is 1. The SMILES string of the molecule is CC(C)S(=O)(=O)N[N+]1(CCCOc2ccc(C(=O)C3CC3)cc2)CCCC1. The number of hydrogen-bond acceptors (Lipinski definition) is 4. The maximum atomic E-state index is 12.3. The fourth-order valence-corrected chi connectivity index (χ4v) is 4.56. The van der Waals surface area contributed by atoms with E-state index in [0.29, 0.717) is 11.2 Å². The number of hydrogen-bond donors (Lipinski definition) is 1. The van der Waals surface area contributed by atoms with Crippen LogP contribution in [0.4, 0.5) is 0 Å². The lowest BCUT2D eigenvalue weighted by molar-refractivity contribution is -0.945. The monoisotopic (exact) mass is 395 g/mol. The molecule has 1 saturated carbocycles. The summed E-state index contributed by atoms with van der Waals surface area (Å²) in [5.41, 5.74) is 0.759. The summed E-state index contributed by atoms with van der Waals surface area (Å²) in [6, 6.07) is 7.36. The van der Waals surface area contributed by atoms with Crippen LogP contribution in [-0.2, 0) is 10.0 Å². The zero-order chi connectivity index (χ0) is 19.5. The first-order valence-electron chi connectivity index (χ1n) is 9.97. The van der Waals surface area contributed by atoms with Crippen LogP contribution in [0.25, 0.3) is 0 Å². The van der Waals surface area contributed by atoms with Crippen LogP contribution >= 0.6 is 0 Å². The quantitative estimate of drug-likeness (QED) is 0.376. The van der Waals surface area contributed by atoms with Crippen LogP contribution < -0.4 is 9.57 Å². The summed E-state index contributed by atoms with van der Waals surface area (Å²) < 4.78 is 30.8. The number of ketones is 1. The number of quaternary nitrogens is 1. The van der Waals surface area contributed by atoms with E-state index in [1.54, 1.807) is 13.8 Å². The first kappa shape index (κ1) is 20.3. The van der Waals surface area contributed by atoms with Gasteiger partial charge in [-0.15, -0.1) is 0 Å². The molecule has 1 saturated heterocycles. The van der Waals surface area contributed by atoms with Crippen molar-refractivity contribution in [2.75, 3.05) is 26.2 Å².